The van der Waals surface area contributed by atoms with Crippen molar-refractivity contribution in [2.75, 3.05) is 5.32 Å². The lowest BCUT2D eigenvalue weighted by Crippen LogP contribution is -2.20. The number of hydrogen-bond donors (Lipinski definition) is 1. The van der Waals surface area contributed by atoms with Gasteiger partial charge in [0.2, 0.25) is 5.95 Å². The summed E-state index contributed by atoms with van der Waals surface area (Å²) in [7, 11) is 0. The standard InChI is InChI=1S/C18H16ClN5/c1-11-6-7-13(8-12(11)2)16-10-17(14-4-3-5-15(19)9-14)24-18(20-16)21-22-23-24/h3-10,17H,1-2H3,(H,20,21,23)/t17-/m0/s1. The molecule has 120 valence electrons. The van der Waals surface area contributed by atoms with Crippen LogP contribution in [0.15, 0.2) is 48.5 Å². The minimum absolute atomic E-state index is 0.105. The minimum Gasteiger partial charge on any atom is -0.323 e. The Morgan fingerprint density at radius 1 is 1.08 bits per heavy atom. The van der Waals surface area contributed by atoms with Crippen LogP contribution in [0.2, 0.25) is 5.02 Å². The maximum Gasteiger partial charge on any atom is 0.248 e. The first-order valence-corrected chi connectivity index (χ1v) is 8.09. The zero-order valence-corrected chi connectivity index (χ0v) is 14.1. The van der Waals surface area contributed by atoms with E-state index < -0.39 is 0 Å². The molecule has 0 aliphatic carbocycles. The first-order chi connectivity index (χ1) is 11.6. The fourth-order valence-corrected chi connectivity index (χ4v) is 3.06. The molecule has 0 radical (unpaired) electrons. The molecule has 0 saturated heterocycles. The highest BCUT2D eigenvalue weighted by Crippen LogP contribution is 2.32. The van der Waals surface area contributed by atoms with Gasteiger partial charge in [-0.25, -0.2) is 0 Å². The van der Waals surface area contributed by atoms with Crippen LogP contribution in [0.4, 0.5) is 5.95 Å². The Bertz CT molecular complexity index is 944. The molecule has 2 aromatic carbocycles. The number of fused-ring (bicyclic) bond motifs is 1. The van der Waals surface area contributed by atoms with Gasteiger partial charge in [-0.2, -0.15) is 4.68 Å². The van der Waals surface area contributed by atoms with Crippen molar-refractivity contribution in [3.63, 3.8) is 0 Å². The van der Waals surface area contributed by atoms with Gasteiger partial charge in [0, 0.05) is 10.7 Å². The predicted molar refractivity (Wildman–Crippen MR) is 94.9 cm³/mol. The number of rotatable bonds is 2. The molecule has 3 aromatic rings. The number of aryl methyl sites for hydroxylation is 2. The maximum absolute atomic E-state index is 6.16. The molecular formula is C18H16ClN5. The average molecular weight is 338 g/mol. The Morgan fingerprint density at radius 3 is 2.75 bits per heavy atom. The number of hydrogen-bond acceptors (Lipinski definition) is 4. The van der Waals surface area contributed by atoms with Gasteiger partial charge in [0.25, 0.3) is 0 Å². The lowest BCUT2D eigenvalue weighted by molar-refractivity contribution is 0.586. The van der Waals surface area contributed by atoms with Crippen LogP contribution < -0.4 is 5.32 Å². The summed E-state index contributed by atoms with van der Waals surface area (Å²) in [6.07, 6.45) is 2.12. The summed E-state index contributed by atoms with van der Waals surface area (Å²) in [4.78, 5) is 0. The number of nitrogens with one attached hydrogen (secondary N) is 1. The normalized spacial score (nSPS) is 16.3. The summed E-state index contributed by atoms with van der Waals surface area (Å²) in [5.41, 5.74) is 5.66. The molecule has 0 spiro atoms. The highest BCUT2D eigenvalue weighted by molar-refractivity contribution is 6.30. The molecule has 4 rings (SSSR count). The molecule has 1 atom stereocenters. The third-order valence-corrected chi connectivity index (χ3v) is 4.57. The number of halogens is 1. The number of anilines is 1. The zero-order chi connectivity index (χ0) is 16.7. The fraction of sp³-hybridized carbons (Fsp3) is 0.167. The molecule has 6 heteroatoms. The van der Waals surface area contributed by atoms with E-state index in [1.54, 1.807) is 4.68 Å². The van der Waals surface area contributed by atoms with Crippen molar-refractivity contribution in [2.45, 2.75) is 19.9 Å². The van der Waals surface area contributed by atoms with Gasteiger partial charge < -0.3 is 5.32 Å². The van der Waals surface area contributed by atoms with Crippen molar-refractivity contribution in [2.24, 2.45) is 0 Å². The van der Waals surface area contributed by atoms with E-state index in [1.807, 2.05) is 24.3 Å². The molecule has 2 heterocycles. The largest absolute Gasteiger partial charge is 0.323 e. The van der Waals surface area contributed by atoms with Gasteiger partial charge in [0.1, 0.15) is 6.04 Å². The second-order valence-corrected chi connectivity index (χ2v) is 6.39. The van der Waals surface area contributed by atoms with Crippen LogP contribution in [0.5, 0.6) is 0 Å². The molecule has 0 amide bonds. The fourth-order valence-electron chi connectivity index (χ4n) is 2.86. The van der Waals surface area contributed by atoms with Crippen LogP contribution in [-0.4, -0.2) is 20.2 Å². The Morgan fingerprint density at radius 2 is 1.96 bits per heavy atom. The second-order valence-electron chi connectivity index (χ2n) is 5.95. The van der Waals surface area contributed by atoms with Crippen molar-refractivity contribution in [3.05, 3.63) is 75.8 Å². The van der Waals surface area contributed by atoms with Crippen LogP contribution >= 0.6 is 11.6 Å². The molecule has 1 N–H and O–H groups in total. The molecule has 0 bridgehead atoms. The number of nitrogens with zero attached hydrogens (tertiary/aromatic N) is 4. The van der Waals surface area contributed by atoms with Gasteiger partial charge in [-0.3, -0.25) is 0 Å². The Kier molecular flexibility index (Phi) is 3.58. The summed E-state index contributed by atoms with van der Waals surface area (Å²) < 4.78 is 1.76. The molecule has 1 aromatic heterocycles. The molecule has 1 aliphatic rings. The van der Waals surface area contributed by atoms with E-state index in [4.69, 9.17) is 11.6 Å². The molecule has 1 aliphatic heterocycles. The van der Waals surface area contributed by atoms with E-state index in [-0.39, 0.29) is 6.04 Å². The number of tetrazole rings is 1. The summed E-state index contributed by atoms with van der Waals surface area (Å²) >= 11 is 6.16. The molecule has 0 saturated carbocycles. The lowest BCUT2D eigenvalue weighted by atomic mass is 9.99. The van der Waals surface area contributed by atoms with Gasteiger partial charge in [-0.15, -0.1) is 0 Å². The third-order valence-electron chi connectivity index (χ3n) is 4.34. The van der Waals surface area contributed by atoms with E-state index in [1.165, 1.54) is 11.1 Å². The van der Waals surface area contributed by atoms with Crippen molar-refractivity contribution < 1.29 is 0 Å². The van der Waals surface area contributed by atoms with Crippen molar-refractivity contribution >= 4 is 23.2 Å². The predicted octanol–water partition coefficient (Wildman–Crippen LogP) is 4.00. The summed E-state index contributed by atoms with van der Waals surface area (Å²) in [6, 6.07) is 14.1. The Labute approximate surface area is 145 Å². The molecule has 0 fully saturated rings. The summed E-state index contributed by atoms with van der Waals surface area (Å²) in [5, 5.41) is 16.0. The van der Waals surface area contributed by atoms with Crippen LogP contribution in [-0.2, 0) is 0 Å². The summed E-state index contributed by atoms with van der Waals surface area (Å²) in [6.45, 7) is 4.22. The number of allylic oxidation sites excluding steroid dienone is 1. The zero-order valence-electron chi connectivity index (χ0n) is 13.4. The lowest BCUT2D eigenvalue weighted by Gasteiger charge is -2.24. The van der Waals surface area contributed by atoms with Crippen molar-refractivity contribution in [1.29, 1.82) is 0 Å². The number of aromatic nitrogens is 4. The molecular weight excluding hydrogens is 322 g/mol. The van der Waals surface area contributed by atoms with E-state index >= 15 is 0 Å². The summed E-state index contributed by atoms with van der Waals surface area (Å²) in [5.74, 6) is 0.621. The van der Waals surface area contributed by atoms with Gasteiger partial charge in [0.05, 0.1) is 0 Å². The first-order valence-electron chi connectivity index (χ1n) is 7.71. The highest BCUT2D eigenvalue weighted by atomic mass is 35.5. The van der Waals surface area contributed by atoms with Crippen LogP contribution in [0, 0.1) is 13.8 Å². The molecule has 5 nitrogen and oxygen atoms in total. The van der Waals surface area contributed by atoms with E-state index in [0.29, 0.717) is 11.0 Å². The minimum atomic E-state index is -0.105. The van der Waals surface area contributed by atoms with Gasteiger partial charge in [-0.05, 0) is 70.8 Å². The quantitative estimate of drug-likeness (QED) is 0.768. The van der Waals surface area contributed by atoms with Gasteiger partial charge in [-0.1, -0.05) is 41.0 Å². The van der Waals surface area contributed by atoms with Crippen LogP contribution in [0.1, 0.15) is 28.3 Å². The van der Waals surface area contributed by atoms with Crippen LogP contribution in [0.25, 0.3) is 5.70 Å². The monoisotopic (exact) mass is 337 g/mol. The molecule has 24 heavy (non-hydrogen) atoms. The smallest absolute Gasteiger partial charge is 0.248 e. The average Bonchev–Trinajstić information content (AvgIpc) is 3.05. The van der Waals surface area contributed by atoms with Gasteiger partial charge >= 0.3 is 0 Å². The second kappa shape index (κ2) is 5.76. The van der Waals surface area contributed by atoms with E-state index in [0.717, 1.165) is 16.8 Å². The Hall–Kier alpha value is -2.66. The van der Waals surface area contributed by atoms with E-state index in [2.05, 4.69) is 59.0 Å². The number of benzene rings is 2. The highest BCUT2D eigenvalue weighted by Gasteiger charge is 2.24. The Balaban J connectivity index is 1.82. The van der Waals surface area contributed by atoms with Crippen molar-refractivity contribution in [3.8, 4) is 0 Å². The van der Waals surface area contributed by atoms with Gasteiger partial charge in [0.15, 0.2) is 0 Å². The molecule has 0 unspecified atom stereocenters. The van der Waals surface area contributed by atoms with Crippen LogP contribution in [0.3, 0.4) is 0 Å². The maximum atomic E-state index is 6.16. The topological polar surface area (TPSA) is 55.6 Å². The van der Waals surface area contributed by atoms with E-state index in [9.17, 15) is 0 Å². The van der Waals surface area contributed by atoms with Crippen molar-refractivity contribution in [1.82, 2.24) is 20.2 Å². The SMILES string of the molecule is Cc1ccc(C2=C[C@@H](c3cccc(Cl)c3)n3nnnc3N2)cc1C. The third kappa shape index (κ3) is 2.57. The first kappa shape index (κ1) is 14.9.